The summed E-state index contributed by atoms with van der Waals surface area (Å²) in [5.41, 5.74) is 3.88. The van der Waals surface area contributed by atoms with E-state index in [0.29, 0.717) is 11.5 Å². The Morgan fingerprint density at radius 3 is 1.63 bits per heavy atom. The second-order valence-corrected chi connectivity index (χ2v) is 16.7. The molecule has 0 radical (unpaired) electrons. The van der Waals surface area contributed by atoms with E-state index < -0.39 is 60.5 Å². The maximum absolute atomic E-state index is 13.0. The van der Waals surface area contributed by atoms with E-state index >= 15 is 0 Å². The summed E-state index contributed by atoms with van der Waals surface area (Å²) in [5, 5.41) is 0.813. The van der Waals surface area contributed by atoms with Gasteiger partial charge in [0, 0.05) is 18.4 Å². The third-order valence-electron chi connectivity index (χ3n) is 12.3. The third kappa shape index (κ3) is 10.7. The molecule has 6 aromatic carbocycles. The normalized spacial score (nSPS) is 22.1. The molecule has 9 rings (SSSR count). The Bertz CT molecular complexity index is 2450. The molecule has 3 aliphatic rings. The fourth-order valence-corrected chi connectivity index (χ4v) is 8.80. The lowest BCUT2D eigenvalue weighted by Crippen LogP contribution is -2.64. The van der Waals surface area contributed by atoms with Crippen LogP contribution < -0.4 is 9.47 Å². The molecule has 13 heteroatoms. The van der Waals surface area contributed by atoms with Crippen molar-refractivity contribution >= 4 is 11.8 Å². The lowest BCUT2D eigenvalue weighted by Gasteiger charge is -2.49. The minimum absolute atomic E-state index is 0.0432. The Balaban J connectivity index is 1.10. The molecule has 0 bridgehead atoms. The van der Waals surface area contributed by atoms with Gasteiger partial charge in [-0.05, 0) is 52.1 Å². The summed E-state index contributed by atoms with van der Waals surface area (Å²) in [6.45, 7) is 0.176. The molecule has 0 aliphatic carbocycles. The summed E-state index contributed by atoms with van der Waals surface area (Å²) in [4.78, 5) is 32.0. The highest BCUT2D eigenvalue weighted by Crippen LogP contribution is 2.43. The van der Waals surface area contributed by atoms with Crippen LogP contribution in [0.1, 0.15) is 52.5 Å². The number of ether oxygens (including phenoxy) is 9. The number of carbonyl (C=O) groups is 2. The van der Waals surface area contributed by atoms with Crippen molar-refractivity contribution in [3.05, 3.63) is 203 Å². The van der Waals surface area contributed by atoms with Crippen LogP contribution in [0.4, 0.5) is 0 Å². The van der Waals surface area contributed by atoms with Crippen LogP contribution in [0.2, 0.25) is 0 Å². The first-order valence-electron chi connectivity index (χ1n) is 22.8. The number of rotatable bonds is 20. The summed E-state index contributed by atoms with van der Waals surface area (Å²) in [6.07, 6.45) is -5.68. The van der Waals surface area contributed by atoms with Gasteiger partial charge in [0.05, 0.1) is 40.6 Å². The van der Waals surface area contributed by atoms with Crippen molar-refractivity contribution in [2.75, 3.05) is 34.0 Å². The minimum atomic E-state index is -1.25. The Morgan fingerprint density at radius 1 is 0.588 bits per heavy atom. The lowest BCUT2D eigenvalue weighted by molar-refractivity contribution is -0.380. The van der Waals surface area contributed by atoms with Gasteiger partial charge >= 0.3 is 0 Å². The number of methoxy groups -OCH3 is 2. The number of hydrogen-bond donors (Lipinski definition) is 0. The van der Waals surface area contributed by atoms with Gasteiger partial charge in [-0.15, -0.1) is 0 Å². The molecule has 0 saturated carbocycles. The monoisotopic (exact) mass is 921 g/mol. The molecule has 68 heavy (non-hydrogen) atoms. The summed E-state index contributed by atoms with van der Waals surface area (Å²) >= 11 is 0. The first-order valence-corrected chi connectivity index (χ1v) is 22.8. The molecule has 6 aromatic rings. The molecule has 0 aromatic heterocycles. The molecule has 352 valence electrons. The predicted molar refractivity (Wildman–Crippen MR) is 249 cm³/mol. The van der Waals surface area contributed by atoms with E-state index in [9.17, 15) is 9.59 Å². The molecule has 3 fully saturated rings. The SMILES string of the molecule is COc1ccc(C(OC[C@@H](CON2C(=O)CCC2=O)O[C@H]2O[C@@H]3COC(c4ccccc4)O[C@H]3[C@H](OCc3ccccc3)[C@H]2OCc2ccccc2)(c2ccccc2)c2ccc(OC)cc2)cc1. The molecule has 3 saturated heterocycles. The summed E-state index contributed by atoms with van der Waals surface area (Å²) in [7, 11) is 3.24. The highest BCUT2D eigenvalue weighted by Gasteiger charge is 2.53. The smallest absolute Gasteiger partial charge is 0.253 e. The number of nitrogens with zero attached hydrogens (tertiary/aromatic N) is 1. The van der Waals surface area contributed by atoms with Gasteiger partial charge in [0.15, 0.2) is 12.6 Å². The van der Waals surface area contributed by atoms with E-state index in [2.05, 4.69) is 0 Å². The number of fused-ring (bicyclic) bond motifs is 1. The Labute approximate surface area is 396 Å². The second-order valence-electron chi connectivity index (χ2n) is 16.7. The number of imide groups is 1. The van der Waals surface area contributed by atoms with Crippen molar-refractivity contribution in [3.8, 4) is 11.5 Å². The van der Waals surface area contributed by atoms with Gasteiger partial charge in [0.1, 0.15) is 54.2 Å². The van der Waals surface area contributed by atoms with Crippen molar-refractivity contribution in [3.63, 3.8) is 0 Å². The average Bonchev–Trinajstić information content (AvgIpc) is 3.73. The van der Waals surface area contributed by atoms with Gasteiger partial charge in [-0.25, -0.2) is 0 Å². The Morgan fingerprint density at radius 2 is 1.09 bits per heavy atom. The number of benzene rings is 6. The Hall–Kier alpha value is -6.26. The number of hydroxylamine groups is 2. The summed E-state index contributed by atoms with van der Waals surface area (Å²) < 4.78 is 59.2. The first kappa shape index (κ1) is 46.8. The van der Waals surface area contributed by atoms with Crippen LogP contribution in [0.3, 0.4) is 0 Å². The molecule has 2 amide bonds. The van der Waals surface area contributed by atoms with E-state index in [1.54, 1.807) is 14.2 Å². The fourth-order valence-electron chi connectivity index (χ4n) is 8.80. The Kier molecular flexibility index (Phi) is 15.3. The standard InChI is InChI=1S/C55H55NO12/c1-59-44-27-23-42(24-28-44)55(41-21-13-6-14-22-41,43-25-29-45(60-2)30-26-43)64-35-46(36-65-56-48(57)31-32-49(56)58)66-54-52(62-34-39-17-9-4-10-18-39)51(61-33-38-15-7-3-8-16-38)50-47(67-54)37-63-53(68-50)40-19-11-5-12-20-40/h3-30,46-47,50-54H,31-37H2,1-2H3/t46-,47+,50+,51-,52+,53?,54-/m0/s1. The molecule has 3 heterocycles. The highest BCUT2D eigenvalue weighted by molar-refractivity contribution is 6.00. The maximum atomic E-state index is 13.0. The van der Waals surface area contributed by atoms with Gasteiger partial charge < -0.3 is 42.6 Å². The van der Waals surface area contributed by atoms with Crippen molar-refractivity contribution in [1.82, 2.24) is 5.06 Å². The van der Waals surface area contributed by atoms with Gasteiger partial charge in [-0.2, -0.15) is 5.06 Å². The van der Waals surface area contributed by atoms with Crippen LogP contribution in [0.25, 0.3) is 0 Å². The largest absolute Gasteiger partial charge is 0.497 e. The van der Waals surface area contributed by atoms with Crippen LogP contribution in [0, 0.1) is 0 Å². The van der Waals surface area contributed by atoms with E-state index in [0.717, 1.165) is 38.4 Å². The molecule has 7 atom stereocenters. The van der Waals surface area contributed by atoms with Crippen LogP contribution >= 0.6 is 0 Å². The zero-order valence-electron chi connectivity index (χ0n) is 38.0. The van der Waals surface area contributed by atoms with Crippen molar-refractivity contribution < 1.29 is 57.1 Å². The summed E-state index contributed by atoms with van der Waals surface area (Å²) in [6, 6.07) is 54.7. The van der Waals surface area contributed by atoms with E-state index in [1.807, 2.05) is 170 Å². The summed E-state index contributed by atoms with van der Waals surface area (Å²) in [5.74, 6) is 0.460. The maximum Gasteiger partial charge on any atom is 0.253 e. The molecule has 3 aliphatic heterocycles. The average molecular weight is 922 g/mol. The molecule has 0 spiro atoms. The third-order valence-corrected chi connectivity index (χ3v) is 12.3. The van der Waals surface area contributed by atoms with Crippen LogP contribution in [-0.4, -0.2) is 87.7 Å². The highest BCUT2D eigenvalue weighted by atomic mass is 16.8. The van der Waals surface area contributed by atoms with Crippen LogP contribution in [0.5, 0.6) is 11.5 Å². The van der Waals surface area contributed by atoms with Crippen molar-refractivity contribution in [2.24, 2.45) is 0 Å². The minimum Gasteiger partial charge on any atom is -0.497 e. The number of amides is 2. The zero-order chi connectivity index (χ0) is 46.7. The first-order chi connectivity index (χ1) is 33.4. The van der Waals surface area contributed by atoms with Crippen molar-refractivity contribution in [1.29, 1.82) is 0 Å². The predicted octanol–water partition coefficient (Wildman–Crippen LogP) is 8.49. The molecule has 0 N–H and O–H groups in total. The fraction of sp³-hybridized carbons (Fsp3) is 0.309. The lowest BCUT2D eigenvalue weighted by atomic mass is 9.80. The topological polar surface area (TPSA) is 130 Å². The van der Waals surface area contributed by atoms with Crippen LogP contribution in [0.15, 0.2) is 170 Å². The van der Waals surface area contributed by atoms with Gasteiger partial charge in [0.25, 0.3) is 11.8 Å². The van der Waals surface area contributed by atoms with E-state index in [4.69, 9.17) is 47.5 Å². The number of hydrogen-bond acceptors (Lipinski definition) is 12. The van der Waals surface area contributed by atoms with Gasteiger partial charge in [-0.1, -0.05) is 146 Å². The van der Waals surface area contributed by atoms with Gasteiger partial charge in [-0.3, -0.25) is 14.4 Å². The zero-order valence-corrected chi connectivity index (χ0v) is 38.0. The van der Waals surface area contributed by atoms with E-state index in [-0.39, 0.29) is 45.9 Å². The van der Waals surface area contributed by atoms with Crippen LogP contribution in [-0.2, 0) is 66.4 Å². The molecule has 13 nitrogen and oxygen atoms in total. The van der Waals surface area contributed by atoms with E-state index in [1.165, 1.54) is 0 Å². The number of carbonyl (C=O) groups excluding carboxylic acids is 2. The quantitative estimate of drug-likeness (QED) is 0.0538. The second kappa shape index (κ2) is 22.2. The van der Waals surface area contributed by atoms with Crippen molar-refractivity contribution in [2.45, 2.75) is 74.8 Å². The molecular weight excluding hydrogens is 867 g/mol. The van der Waals surface area contributed by atoms with Gasteiger partial charge in [0.2, 0.25) is 0 Å². The molecule has 1 unspecified atom stereocenters. The molecular formula is C55H55NO12.